The molecule has 4 heterocycles. The Balaban J connectivity index is 1.35. The molecular weight excluding hydrogens is 411 g/mol. The summed E-state index contributed by atoms with van der Waals surface area (Å²) in [5.74, 6) is 0.715. The number of benzene rings is 1. The van der Waals surface area contributed by atoms with Crippen LogP contribution < -0.4 is 5.56 Å². The number of aromatic nitrogens is 3. The summed E-state index contributed by atoms with van der Waals surface area (Å²) >= 11 is 0. The number of ether oxygens (including phenoxy) is 1. The number of nitrogens with zero attached hydrogens (tertiary/aromatic N) is 4. The van der Waals surface area contributed by atoms with E-state index in [9.17, 15) is 9.18 Å². The Labute approximate surface area is 186 Å². The van der Waals surface area contributed by atoms with Gasteiger partial charge in [-0.15, -0.1) is 0 Å². The van der Waals surface area contributed by atoms with Gasteiger partial charge in [-0.1, -0.05) is 12.1 Å². The van der Waals surface area contributed by atoms with Crippen LogP contribution >= 0.6 is 0 Å². The Hall–Kier alpha value is -2.58. The van der Waals surface area contributed by atoms with Crippen molar-refractivity contribution in [1.82, 2.24) is 19.6 Å². The van der Waals surface area contributed by atoms with Crippen LogP contribution in [0.5, 0.6) is 0 Å². The van der Waals surface area contributed by atoms with E-state index in [1.165, 1.54) is 12.1 Å². The van der Waals surface area contributed by atoms with E-state index in [1.54, 1.807) is 13.2 Å². The first kappa shape index (κ1) is 21.3. The fourth-order valence-electron chi connectivity index (χ4n) is 5.51. The molecule has 1 aromatic carbocycles. The number of fused-ring (bicyclic) bond motifs is 2. The molecule has 0 bridgehead atoms. The first-order chi connectivity index (χ1) is 15.5. The van der Waals surface area contributed by atoms with Gasteiger partial charge < -0.3 is 9.26 Å². The average molecular weight is 441 g/mol. The predicted octanol–water partition coefficient (Wildman–Crippen LogP) is 3.73. The first-order valence-electron chi connectivity index (χ1n) is 11.4. The van der Waals surface area contributed by atoms with Crippen LogP contribution in [0, 0.1) is 12.7 Å². The van der Waals surface area contributed by atoms with E-state index in [4.69, 9.17) is 14.2 Å². The van der Waals surface area contributed by atoms with E-state index < -0.39 is 0 Å². The molecule has 0 amide bonds. The minimum atomic E-state index is -0.313. The lowest BCUT2D eigenvalue weighted by molar-refractivity contribution is -0.0216. The number of rotatable bonds is 4. The predicted molar refractivity (Wildman–Crippen MR) is 118 cm³/mol. The zero-order chi connectivity index (χ0) is 22.4. The van der Waals surface area contributed by atoms with Crippen molar-refractivity contribution in [3.05, 3.63) is 57.1 Å². The number of methoxy groups -OCH3 is 1. The fourth-order valence-corrected chi connectivity index (χ4v) is 5.51. The molecule has 170 valence electrons. The third kappa shape index (κ3) is 3.46. The minimum Gasteiger partial charge on any atom is -0.372 e. The standard InChI is InChI=1S/C24H29FN4O3/c1-4-17-14(2)26-23-22(31-3)19(9-12-29(23)24(17)30)28-10-7-15(8-11-28)21-18-6-5-16(25)13-20(18)32-27-21/h5-6,13,15,19,22H,4,7-12H2,1-3H3. The van der Waals surface area contributed by atoms with Gasteiger partial charge in [-0.3, -0.25) is 14.3 Å². The zero-order valence-corrected chi connectivity index (χ0v) is 18.8. The van der Waals surface area contributed by atoms with E-state index in [0.29, 0.717) is 18.5 Å². The van der Waals surface area contributed by atoms with Crippen molar-refractivity contribution >= 4 is 11.0 Å². The summed E-state index contributed by atoms with van der Waals surface area (Å²) in [4.78, 5) is 20.2. The number of likely N-dealkylation sites (tertiary alicyclic amines) is 1. The number of hydrogen-bond acceptors (Lipinski definition) is 6. The molecule has 2 aromatic heterocycles. The second-order valence-electron chi connectivity index (χ2n) is 8.88. The van der Waals surface area contributed by atoms with Crippen LogP contribution in [-0.2, 0) is 17.7 Å². The van der Waals surface area contributed by atoms with Crippen molar-refractivity contribution < 1.29 is 13.7 Å². The molecule has 2 aliphatic heterocycles. The Morgan fingerprint density at radius 2 is 2.00 bits per heavy atom. The molecule has 32 heavy (non-hydrogen) atoms. The number of halogens is 1. The highest BCUT2D eigenvalue weighted by molar-refractivity contribution is 5.79. The molecule has 0 aliphatic carbocycles. The summed E-state index contributed by atoms with van der Waals surface area (Å²) in [6, 6.07) is 4.80. The van der Waals surface area contributed by atoms with Gasteiger partial charge in [0.25, 0.3) is 5.56 Å². The lowest BCUT2D eigenvalue weighted by Gasteiger charge is -2.43. The maximum atomic E-state index is 13.5. The van der Waals surface area contributed by atoms with Crippen molar-refractivity contribution in [3.63, 3.8) is 0 Å². The summed E-state index contributed by atoms with van der Waals surface area (Å²) in [5, 5.41) is 5.16. The number of piperidine rings is 1. The normalized spacial score (nSPS) is 22.4. The molecule has 2 atom stereocenters. The summed E-state index contributed by atoms with van der Waals surface area (Å²) in [6.07, 6.45) is 3.21. The van der Waals surface area contributed by atoms with Gasteiger partial charge >= 0.3 is 0 Å². The van der Waals surface area contributed by atoms with Gasteiger partial charge in [-0.2, -0.15) is 0 Å². The molecule has 7 nitrogen and oxygen atoms in total. The second kappa shape index (κ2) is 8.41. The van der Waals surface area contributed by atoms with Crippen LogP contribution in [0.15, 0.2) is 27.5 Å². The molecule has 0 saturated carbocycles. The average Bonchev–Trinajstić information content (AvgIpc) is 3.21. The Bertz CT molecular complexity index is 1200. The van der Waals surface area contributed by atoms with Gasteiger partial charge in [0.1, 0.15) is 17.7 Å². The maximum Gasteiger partial charge on any atom is 0.256 e. The molecule has 1 saturated heterocycles. The highest BCUT2D eigenvalue weighted by Crippen LogP contribution is 2.37. The van der Waals surface area contributed by atoms with E-state index in [-0.39, 0.29) is 29.4 Å². The molecule has 0 radical (unpaired) electrons. The minimum absolute atomic E-state index is 0.0727. The van der Waals surface area contributed by atoms with Crippen LogP contribution in [0.1, 0.15) is 61.0 Å². The molecule has 3 aromatic rings. The van der Waals surface area contributed by atoms with Gasteiger partial charge in [0.15, 0.2) is 5.58 Å². The van der Waals surface area contributed by atoms with Crippen molar-refractivity contribution in [2.45, 2.75) is 64.1 Å². The van der Waals surface area contributed by atoms with Crippen molar-refractivity contribution in [2.75, 3.05) is 20.2 Å². The van der Waals surface area contributed by atoms with Crippen LogP contribution in [0.25, 0.3) is 11.0 Å². The first-order valence-corrected chi connectivity index (χ1v) is 11.4. The molecule has 0 N–H and O–H groups in total. The van der Waals surface area contributed by atoms with Crippen molar-refractivity contribution in [3.8, 4) is 0 Å². The second-order valence-corrected chi connectivity index (χ2v) is 8.88. The quantitative estimate of drug-likeness (QED) is 0.616. The molecule has 5 rings (SSSR count). The highest BCUT2D eigenvalue weighted by Gasteiger charge is 2.38. The summed E-state index contributed by atoms with van der Waals surface area (Å²) < 4.78 is 26.6. The van der Waals surface area contributed by atoms with Crippen LogP contribution in [0.2, 0.25) is 0 Å². The Morgan fingerprint density at radius 1 is 1.22 bits per heavy atom. The lowest BCUT2D eigenvalue weighted by Crippen LogP contribution is -2.49. The molecule has 1 fully saturated rings. The molecular formula is C24H29FN4O3. The highest BCUT2D eigenvalue weighted by atomic mass is 19.1. The van der Waals surface area contributed by atoms with Gasteiger partial charge in [0.2, 0.25) is 0 Å². The zero-order valence-electron chi connectivity index (χ0n) is 18.8. The lowest BCUT2D eigenvalue weighted by atomic mass is 9.89. The fraction of sp³-hybridized carbons (Fsp3) is 0.542. The molecule has 2 unspecified atom stereocenters. The van der Waals surface area contributed by atoms with Crippen LogP contribution in [-0.4, -0.2) is 45.8 Å². The van der Waals surface area contributed by atoms with E-state index in [1.807, 2.05) is 18.4 Å². The smallest absolute Gasteiger partial charge is 0.256 e. The van der Waals surface area contributed by atoms with Crippen molar-refractivity contribution in [2.24, 2.45) is 0 Å². The van der Waals surface area contributed by atoms with Gasteiger partial charge in [-0.05, 0) is 57.8 Å². The topological polar surface area (TPSA) is 73.4 Å². The number of hydrogen-bond donors (Lipinski definition) is 0. The van der Waals surface area contributed by atoms with Gasteiger partial charge in [-0.25, -0.2) is 9.37 Å². The molecule has 8 heteroatoms. The Kier molecular flexibility index (Phi) is 5.59. The third-order valence-corrected chi connectivity index (χ3v) is 7.21. The SMILES string of the molecule is CCc1c(C)nc2n(c1=O)CCC(N1CCC(c3noc4cc(F)ccc34)CC1)C2OC. The van der Waals surface area contributed by atoms with Gasteiger partial charge in [0, 0.05) is 48.3 Å². The maximum absolute atomic E-state index is 13.5. The Morgan fingerprint density at radius 3 is 2.72 bits per heavy atom. The third-order valence-electron chi connectivity index (χ3n) is 7.21. The van der Waals surface area contributed by atoms with Gasteiger partial charge in [0.05, 0.1) is 5.69 Å². The van der Waals surface area contributed by atoms with Crippen LogP contribution in [0.3, 0.4) is 0 Å². The monoisotopic (exact) mass is 440 g/mol. The van der Waals surface area contributed by atoms with E-state index >= 15 is 0 Å². The summed E-state index contributed by atoms with van der Waals surface area (Å²) in [7, 11) is 1.70. The summed E-state index contributed by atoms with van der Waals surface area (Å²) in [5.41, 5.74) is 3.10. The van der Waals surface area contributed by atoms with Crippen molar-refractivity contribution in [1.29, 1.82) is 0 Å². The molecule has 2 aliphatic rings. The van der Waals surface area contributed by atoms with E-state index in [2.05, 4.69) is 10.1 Å². The van der Waals surface area contributed by atoms with Crippen LogP contribution in [0.4, 0.5) is 4.39 Å². The summed E-state index contributed by atoms with van der Waals surface area (Å²) in [6.45, 7) is 6.38. The van der Waals surface area contributed by atoms with E-state index in [0.717, 1.165) is 60.5 Å². The molecule has 0 spiro atoms. The number of aryl methyl sites for hydroxylation is 1. The largest absolute Gasteiger partial charge is 0.372 e.